The standard InChI is InChI=1S/C10H15N3O2S/c1-12-9(16-2)11-8(14)13(10(12)15)7-5-3-4-6-7/h7H,3-6H2,1-2H3. The van der Waals surface area contributed by atoms with Gasteiger partial charge in [-0.2, -0.15) is 4.98 Å². The van der Waals surface area contributed by atoms with Crippen LogP contribution in [0.3, 0.4) is 0 Å². The highest BCUT2D eigenvalue weighted by molar-refractivity contribution is 7.98. The summed E-state index contributed by atoms with van der Waals surface area (Å²) in [6, 6.07) is 0.0506. The van der Waals surface area contributed by atoms with Crippen LogP contribution in [0.5, 0.6) is 0 Å². The molecule has 0 unspecified atom stereocenters. The van der Waals surface area contributed by atoms with Crippen molar-refractivity contribution in [1.82, 2.24) is 14.1 Å². The molecule has 2 rings (SSSR count). The number of thioether (sulfide) groups is 1. The van der Waals surface area contributed by atoms with E-state index in [1.54, 1.807) is 13.3 Å². The van der Waals surface area contributed by atoms with E-state index < -0.39 is 5.69 Å². The van der Waals surface area contributed by atoms with Gasteiger partial charge in [-0.25, -0.2) is 14.2 Å². The molecule has 5 nitrogen and oxygen atoms in total. The third kappa shape index (κ3) is 1.81. The van der Waals surface area contributed by atoms with Gasteiger partial charge in [0.1, 0.15) is 0 Å². The normalized spacial score (nSPS) is 16.9. The molecule has 1 aromatic rings. The molecule has 0 spiro atoms. The van der Waals surface area contributed by atoms with E-state index in [0.29, 0.717) is 5.16 Å². The molecule has 0 amide bonds. The van der Waals surface area contributed by atoms with Gasteiger partial charge in [0.15, 0.2) is 5.16 Å². The summed E-state index contributed by atoms with van der Waals surface area (Å²) in [6.07, 6.45) is 5.81. The highest BCUT2D eigenvalue weighted by Crippen LogP contribution is 2.26. The Morgan fingerprint density at radius 1 is 1.31 bits per heavy atom. The second kappa shape index (κ2) is 4.45. The first-order valence-electron chi connectivity index (χ1n) is 5.38. The molecule has 1 aromatic heterocycles. The lowest BCUT2D eigenvalue weighted by molar-refractivity contribution is 0.432. The molecule has 6 heteroatoms. The average Bonchev–Trinajstić information content (AvgIpc) is 2.77. The van der Waals surface area contributed by atoms with Gasteiger partial charge >= 0.3 is 11.4 Å². The molecule has 0 aliphatic heterocycles. The molecular weight excluding hydrogens is 226 g/mol. The van der Waals surface area contributed by atoms with Crippen LogP contribution in [0.1, 0.15) is 31.7 Å². The minimum Gasteiger partial charge on any atom is -0.275 e. The van der Waals surface area contributed by atoms with Crippen LogP contribution in [0.2, 0.25) is 0 Å². The Morgan fingerprint density at radius 3 is 2.50 bits per heavy atom. The summed E-state index contributed by atoms with van der Waals surface area (Å²) in [5.74, 6) is 0. The van der Waals surface area contributed by atoms with E-state index in [1.165, 1.54) is 20.9 Å². The zero-order valence-corrected chi connectivity index (χ0v) is 10.3. The van der Waals surface area contributed by atoms with Gasteiger partial charge in [0.05, 0.1) is 0 Å². The largest absolute Gasteiger partial charge is 0.354 e. The van der Waals surface area contributed by atoms with E-state index in [-0.39, 0.29) is 11.7 Å². The molecule has 0 saturated heterocycles. The van der Waals surface area contributed by atoms with Crippen LogP contribution in [0.15, 0.2) is 14.7 Å². The fourth-order valence-electron chi connectivity index (χ4n) is 2.19. The van der Waals surface area contributed by atoms with Crippen molar-refractivity contribution in [2.45, 2.75) is 36.9 Å². The summed E-state index contributed by atoms with van der Waals surface area (Å²) in [4.78, 5) is 27.7. The smallest absolute Gasteiger partial charge is 0.275 e. The summed E-state index contributed by atoms with van der Waals surface area (Å²) in [7, 11) is 1.66. The lowest BCUT2D eigenvalue weighted by atomic mass is 10.2. The Balaban J connectivity index is 2.58. The topological polar surface area (TPSA) is 56.9 Å². The summed E-state index contributed by atoms with van der Waals surface area (Å²) in [5, 5.41) is 0.476. The first kappa shape index (κ1) is 11.4. The predicted molar refractivity (Wildman–Crippen MR) is 63.0 cm³/mol. The average molecular weight is 241 g/mol. The zero-order valence-electron chi connectivity index (χ0n) is 9.47. The fraction of sp³-hybridized carbons (Fsp3) is 0.700. The Morgan fingerprint density at radius 2 is 1.94 bits per heavy atom. The van der Waals surface area contributed by atoms with E-state index in [9.17, 15) is 9.59 Å². The van der Waals surface area contributed by atoms with Crippen LogP contribution in [0, 0.1) is 0 Å². The van der Waals surface area contributed by atoms with Crippen LogP contribution in [-0.4, -0.2) is 20.4 Å². The van der Waals surface area contributed by atoms with Gasteiger partial charge in [0.25, 0.3) is 0 Å². The number of nitrogens with zero attached hydrogens (tertiary/aromatic N) is 3. The molecule has 16 heavy (non-hydrogen) atoms. The van der Waals surface area contributed by atoms with Gasteiger partial charge in [0.2, 0.25) is 0 Å². The van der Waals surface area contributed by atoms with Crippen molar-refractivity contribution in [1.29, 1.82) is 0 Å². The second-order valence-corrected chi connectivity index (χ2v) is 4.80. The van der Waals surface area contributed by atoms with Gasteiger partial charge in [0, 0.05) is 13.1 Å². The molecule has 1 aliphatic carbocycles. The summed E-state index contributed by atoms with van der Waals surface area (Å²) in [6.45, 7) is 0. The molecule has 0 atom stereocenters. The summed E-state index contributed by atoms with van der Waals surface area (Å²) < 4.78 is 2.76. The summed E-state index contributed by atoms with van der Waals surface area (Å²) in [5.41, 5.74) is -0.643. The molecule has 0 bridgehead atoms. The van der Waals surface area contributed by atoms with Gasteiger partial charge in [-0.15, -0.1) is 0 Å². The van der Waals surface area contributed by atoms with Crippen molar-refractivity contribution in [2.24, 2.45) is 7.05 Å². The first-order valence-corrected chi connectivity index (χ1v) is 6.61. The first-order chi connectivity index (χ1) is 7.65. The van der Waals surface area contributed by atoms with E-state index >= 15 is 0 Å². The fourth-order valence-corrected chi connectivity index (χ4v) is 2.71. The maximum atomic E-state index is 12.0. The molecule has 0 aromatic carbocycles. The monoisotopic (exact) mass is 241 g/mol. The van der Waals surface area contributed by atoms with Crippen molar-refractivity contribution in [3.8, 4) is 0 Å². The lowest BCUT2D eigenvalue weighted by Crippen LogP contribution is -2.43. The predicted octanol–water partition coefficient (Wildman–Crippen LogP) is 0.779. The quantitative estimate of drug-likeness (QED) is 0.718. The lowest BCUT2D eigenvalue weighted by Gasteiger charge is -2.13. The highest BCUT2D eigenvalue weighted by Gasteiger charge is 2.22. The molecule has 1 heterocycles. The molecule has 0 N–H and O–H groups in total. The van der Waals surface area contributed by atoms with E-state index in [0.717, 1.165) is 25.7 Å². The van der Waals surface area contributed by atoms with Crippen LogP contribution >= 0.6 is 11.8 Å². The Bertz CT molecular complexity index is 500. The third-order valence-electron chi connectivity index (χ3n) is 3.05. The van der Waals surface area contributed by atoms with Crippen LogP contribution in [0.4, 0.5) is 0 Å². The number of hydrogen-bond donors (Lipinski definition) is 0. The van der Waals surface area contributed by atoms with E-state index in [2.05, 4.69) is 4.98 Å². The SMILES string of the molecule is CSc1nc(=O)n(C2CCCC2)c(=O)n1C. The van der Waals surface area contributed by atoms with Crippen molar-refractivity contribution >= 4 is 11.8 Å². The Kier molecular flexibility index (Phi) is 3.18. The van der Waals surface area contributed by atoms with Gasteiger partial charge in [-0.05, 0) is 19.1 Å². The van der Waals surface area contributed by atoms with Gasteiger partial charge in [-0.3, -0.25) is 4.57 Å². The van der Waals surface area contributed by atoms with Crippen molar-refractivity contribution in [3.05, 3.63) is 21.0 Å². The molecule has 1 aliphatic rings. The highest BCUT2D eigenvalue weighted by atomic mass is 32.2. The van der Waals surface area contributed by atoms with Crippen molar-refractivity contribution < 1.29 is 0 Å². The van der Waals surface area contributed by atoms with Crippen LogP contribution < -0.4 is 11.4 Å². The summed E-state index contributed by atoms with van der Waals surface area (Å²) >= 11 is 1.31. The zero-order chi connectivity index (χ0) is 11.7. The minimum atomic E-state index is -0.403. The minimum absolute atomic E-state index is 0.0506. The number of aromatic nitrogens is 3. The van der Waals surface area contributed by atoms with Crippen molar-refractivity contribution in [3.63, 3.8) is 0 Å². The number of rotatable bonds is 2. The van der Waals surface area contributed by atoms with E-state index in [4.69, 9.17) is 0 Å². The Labute approximate surface area is 97.5 Å². The molecule has 1 fully saturated rings. The molecule has 88 valence electrons. The van der Waals surface area contributed by atoms with Gasteiger partial charge < -0.3 is 0 Å². The Hall–Kier alpha value is -1.04. The van der Waals surface area contributed by atoms with Crippen molar-refractivity contribution in [2.75, 3.05) is 6.26 Å². The second-order valence-electron chi connectivity index (χ2n) is 4.03. The number of hydrogen-bond acceptors (Lipinski definition) is 4. The molecular formula is C10H15N3O2S. The maximum Gasteiger partial charge on any atom is 0.354 e. The third-order valence-corrected chi connectivity index (χ3v) is 3.78. The maximum absolute atomic E-state index is 12.0. The van der Waals surface area contributed by atoms with E-state index in [1.807, 2.05) is 0 Å². The van der Waals surface area contributed by atoms with Gasteiger partial charge in [-0.1, -0.05) is 24.6 Å². The molecule has 0 radical (unpaired) electrons. The molecule has 1 saturated carbocycles. The van der Waals surface area contributed by atoms with Crippen LogP contribution in [0.25, 0.3) is 0 Å². The van der Waals surface area contributed by atoms with Crippen LogP contribution in [-0.2, 0) is 7.05 Å².